The van der Waals surface area contributed by atoms with E-state index in [1.54, 1.807) is 4.90 Å². The number of carbonyl (C=O) groups is 1. The maximum Gasteiger partial charge on any atom is 0.256 e. The number of anilines is 1. The van der Waals surface area contributed by atoms with Gasteiger partial charge >= 0.3 is 0 Å². The number of amides is 1. The van der Waals surface area contributed by atoms with Gasteiger partial charge in [0.1, 0.15) is 0 Å². The molecule has 0 unspecified atom stereocenters. The molecule has 2 rings (SSSR count). The van der Waals surface area contributed by atoms with Crippen LogP contribution in [-0.2, 0) is 10.8 Å². The molecule has 1 saturated heterocycles. The lowest BCUT2D eigenvalue weighted by atomic mass is 10.1. The Bertz CT molecular complexity index is 492. The summed E-state index contributed by atoms with van der Waals surface area (Å²) in [6, 6.07) is 5.88. The molecule has 0 bridgehead atoms. The van der Waals surface area contributed by atoms with Crippen LogP contribution >= 0.6 is 0 Å². The number of benzene rings is 1. The number of hydrogen-bond acceptors (Lipinski definition) is 3. The Morgan fingerprint density at radius 3 is 2.68 bits per heavy atom. The first-order valence-electron chi connectivity index (χ1n) is 6.60. The number of nitrogens with one attached hydrogen (secondary N) is 1. The fourth-order valence-electron chi connectivity index (χ4n) is 2.19. The molecule has 1 aromatic carbocycles. The van der Waals surface area contributed by atoms with Crippen LogP contribution in [0.4, 0.5) is 5.69 Å². The third kappa shape index (κ3) is 3.35. The molecule has 0 spiro atoms. The molecule has 0 aliphatic carbocycles. The molecule has 1 aliphatic heterocycles. The van der Waals surface area contributed by atoms with Gasteiger partial charge in [-0.2, -0.15) is 0 Å². The Morgan fingerprint density at radius 2 is 2.05 bits per heavy atom. The molecule has 1 heterocycles. The maximum atomic E-state index is 12.5. The first kappa shape index (κ1) is 14.1. The molecule has 0 saturated carbocycles. The molecule has 0 atom stereocenters. The topological polar surface area (TPSA) is 49.4 Å². The van der Waals surface area contributed by atoms with Crippen molar-refractivity contribution in [1.29, 1.82) is 0 Å². The number of carbonyl (C=O) groups excluding carboxylic acids is 1. The predicted molar refractivity (Wildman–Crippen MR) is 79.1 cm³/mol. The fourth-order valence-corrected chi connectivity index (χ4v) is 3.24. The standard InChI is InChI=1S/C14H20N2O2S/c1-3-15-13-5-4-11(2)10-12(13)14(17)16-6-8-19(18)9-7-16/h4-5,10,15H,3,6-9H2,1-2H3. The minimum atomic E-state index is -0.756. The van der Waals surface area contributed by atoms with Crippen LogP contribution in [0.3, 0.4) is 0 Å². The van der Waals surface area contributed by atoms with E-state index in [0.717, 1.165) is 23.4 Å². The highest BCUT2D eigenvalue weighted by Crippen LogP contribution is 2.20. The Kier molecular flexibility index (Phi) is 4.58. The van der Waals surface area contributed by atoms with Crippen LogP contribution in [0.1, 0.15) is 22.8 Å². The lowest BCUT2D eigenvalue weighted by Gasteiger charge is -2.27. The monoisotopic (exact) mass is 280 g/mol. The minimum absolute atomic E-state index is 0.0383. The minimum Gasteiger partial charge on any atom is -0.385 e. The Hall–Kier alpha value is -1.36. The van der Waals surface area contributed by atoms with Gasteiger partial charge in [-0.25, -0.2) is 0 Å². The number of aryl methyl sites for hydroxylation is 1. The highest BCUT2D eigenvalue weighted by atomic mass is 32.2. The highest BCUT2D eigenvalue weighted by Gasteiger charge is 2.23. The van der Waals surface area contributed by atoms with Crippen molar-refractivity contribution in [2.45, 2.75) is 13.8 Å². The molecule has 0 aromatic heterocycles. The second kappa shape index (κ2) is 6.19. The average molecular weight is 280 g/mol. The van der Waals surface area contributed by atoms with Crippen molar-refractivity contribution in [3.05, 3.63) is 29.3 Å². The Morgan fingerprint density at radius 1 is 1.37 bits per heavy atom. The van der Waals surface area contributed by atoms with Gasteiger partial charge in [0.15, 0.2) is 0 Å². The predicted octanol–water partition coefficient (Wildman–Crippen LogP) is 1.63. The van der Waals surface area contributed by atoms with Gasteiger partial charge in [0, 0.05) is 47.6 Å². The summed E-state index contributed by atoms with van der Waals surface area (Å²) in [5, 5.41) is 3.22. The van der Waals surface area contributed by atoms with E-state index in [4.69, 9.17) is 0 Å². The molecule has 19 heavy (non-hydrogen) atoms. The van der Waals surface area contributed by atoms with Crippen LogP contribution in [0.2, 0.25) is 0 Å². The smallest absolute Gasteiger partial charge is 0.256 e. The van der Waals surface area contributed by atoms with Crippen molar-refractivity contribution in [1.82, 2.24) is 4.90 Å². The second-order valence-corrected chi connectivity index (χ2v) is 6.42. The lowest BCUT2D eigenvalue weighted by molar-refractivity contribution is 0.0772. The van der Waals surface area contributed by atoms with E-state index in [1.165, 1.54) is 0 Å². The molecule has 1 amide bonds. The molecule has 1 N–H and O–H groups in total. The van der Waals surface area contributed by atoms with Gasteiger partial charge in [-0.3, -0.25) is 9.00 Å². The summed E-state index contributed by atoms with van der Waals surface area (Å²) in [6.07, 6.45) is 0. The normalized spacial score (nSPS) is 16.4. The quantitative estimate of drug-likeness (QED) is 0.915. The van der Waals surface area contributed by atoms with E-state index in [9.17, 15) is 9.00 Å². The van der Waals surface area contributed by atoms with Crippen molar-refractivity contribution in [2.75, 3.05) is 36.5 Å². The zero-order chi connectivity index (χ0) is 13.8. The molecular formula is C14H20N2O2S. The molecule has 1 aromatic rings. The van der Waals surface area contributed by atoms with Gasteiger partial charge in [-0.05, 0) is 26.0 Å². The average Bonchev–Trinajstić information content (AvgIpc) is 2.41. The van der Waals surface area contributed by atoms with Crippen molar-refractivity contribution < 1.29 is 9.00 Å². The van der Waals surface area contributed by atoms with Crippen LogP contribution in [0, 0.1) is 6.92 Å². The van der Waals surface area contributed by atoms with Crippen LogP contribution < -0.4 is 5.32 Å². The van der Waals surface area contributed by atoms with Crippen molar-refractivity contribution in [3.8, 4) is 0 Å². The number of hydrogen-bond donors (Lipinski definition) is 1. The zero-order valence-corrected chi connectivity index (χ0v) is 12.3. The van der Waals surface area contributed by atoms with E-state index in [1.807, 2.05) is 32.0 Å². The van der Waals surface area contributed by atoms with Crippen LogP contribution in [0.25, 0.3) is 0 Å². The fraction of sp³-hybridized carbons (Fsp3) is 0.500. The molecule has 5 heteroatoms. The third-order valence-corrected chi connectivity index (χ3v) is 4.51. The first-order valence-corrected chi connectivity index (χ1v) is 8.09. The van der Waals surface area contributed by atoms with E-state index in [2.05, 4.69) is 5.32 Å². The summed E-state index contributed by atoms with van der Waals surface area (Å²) >= 11 is 0. The van der Waals surface area contributed by atoms with Crippen molar-refractivity contribution >= 4 is 22.4 Å². The molecule has 1 fully saturated rings. The highest BCUT2D eigenvalue weighted by molar-refractivity contribution is 7.85. The maximum absolute atomic E-state index is 12.5. The third-order valence-electron chi connectivity index (χ3n) is 3.24. The summed E-state index contributed by atoms with van der Waals surface area (Å²) in [5.41, 5.74) is 2.67. The van der Waals surface area contributed by atoms with Crippen LogP contribution in [0.15, 0.2) is 18.2 Å². The van der Waals surface area contributed by atoms with Gasteiger partial charge in [0.2, 0.25) is 0 Å². The van der Waals surface area contributed by atoms with E-state index >= 15 is 0 Å². The van der Waals surface area contributed by atoms with Gasteiger partial charge < -0.3 is 10.2 Å². The van der Waals surface area contributed by atoms with Crippen molar-refractivity contribution in [3.63, 3.8) is 0 Å². The molecule has 104 valence electrons. The SMILES string of the molecule is CCNc1ccc(C)cc1C(=O)N1CCS(=O)CC1. The number of nitrogens with zero attached hydrogens (tertiary/aromatic N) is 1. The van der Waals surface area contributed by atoms with Crippen molar-refractivity contribution in [2.24, 2.45) is 0 Å². The second-order valence-electron chi connectivity index (χ2n) is 4.72. The molecular weight excluding hydrogens is 260 g/mol. The van der Waals surface area contributed by atoms with Gasteiger partial charge in [-0.1, -0.05) is 11.6 Å². The number of rotatable bonds is 3. The summed E-state index contributed by atoms with van der Waals surface area (Å²) < 4.78 is 11.4. The zero-order valence-electron chi connectivity index (χ0n) is 11.4. The Labute approximate surface area is 116 Å². The first-order chi connectivity index (χ1) is 9.11. The molecule has 1 aliphatic rings. The lowest BCUT2D eigenvalue weighted by Crippen LogP contribution is -2.42. The summed E-state index contributed by atoms with van der Waals surface area (Å²) in [6.45, 7) is 5.96. The molecule has 0 radical (unpaired) electrons. The summed E-state index contributed by atoms with van der Waals surface area (Å²) in [4.78, 5) is 14.3. The Balaban J connectivity index is 2.22. The molecule has 4 nitrogen and oxygen atoms in total. The summed E-state index contributed by atoms with van der Waals surface area (Å²) in [5.74, 6) is 1.22. The van der Waals surface area contributed by atoms with E-state index in [-0.39, 0.29) is 5.91 Å². The van der Waals surface area contributed by atoms with Gasteiger partial charge in [0.25, 0.3) is 5.91 Å². The summed E-state index contributed by atoms with van der Waals surface area (Å²) in [7, 11) is -0.756. The van der Waals surface area contributed by atoms with E-state index < -0.39 is 10.8 Å². The van der Waals surface area contributed by atoms with E-state index in [0.29, 0.717) is 24.6 Å². The largest absolute Gasteiger partial charge is 0.385 e. The van der Waals surface area contributed by atoms with Crippen LogP contribution in [-0.4, -0.2) is 46.2 Å². The van der Waals surface area contributed by atoms with Gasteiger partial charge in [-0.15, -0.1) is 0 Å². The van der Waals surface area contributed by atoms with Gasteiger partial charge in [0.05, 0.1) is 5.56 Å². The van der Waals surface area contributed by atoms with Crippen LogP contribution in [0.5, 0.6) is 0 Å².